The van der Waals surface area contributed by atoms with Gasteiger partial charge in [0, 0.05) is 18.0 Å². The van der Waals surface area contributed by atoms with Crippen LogP contribution in [0.5, 0.6) is 5.75 Å². The lowest BCUT2D eigenvalue weighted by Gasteiger charge is -2.17. The summed E-state index contributed by atoms with van der Waals surface area (Å²) in [5, 5.41) is 0. The van der Waals surface area contributed by atoms with Crippen LogP contribution < -0.4 is 4.74 Å². The molecule has 0 aromatic heterocycles. The number of carbonyl (C=O) groups excluding carboxylic acids is 1. The first-order chi connectivity index (χ1) is 10.3. The van der Waals surface area contributed by atoms with E-state index in [1.54, 1.807) is 13.2 Å². The van der Waals surface area contributed by atoms with Crippen molar-refractivity contribution in [2.75, 3.05) is 20.2 Å². The van der Waals surface area contributed by atoms with E-state index < -0.39 is 0 Å². The third-order valence-electron chi connectivity index (χ3n) is 4.32. The maximum atomic E-state index is 11.7. The number of carbonyl (C=O) groups is 1. The number of benzene rings is 1. The van der Waals surface area contributed by atoms with Gasteiger partial charge in [-0.1, -0.05) is 12.1 Å². The maximum absolute atomic E-state index is 11.7. The average molecular weight is 285 g/mol. The molecule has 0 N–H and O–H groups in total. The van der Waals surface area contributed by atoms with Crippen molar-refractivity contribution >= 4 is 11.9 Å². The molecule has 21 heavy (non-hydrogen) atoms. The predicted molar refractivity (Wildman–Crippen MR) is 84.3 cm³/mol. The van der Waals surface area contributed by atoms with Crippen molar-refractivity contribution in [1.29, 1.82) is 0 Å². The molecule has 0 unspecified atom stereocenters. The summed E-state index contributed by atoms with van der Waals surface area (Å²) < 4.78 is 5.47. The zero-order chi connectivity index (χ0) is 14.7. The van der Waals surface area contributed by atoms with Crippen LogP contribution in [-0.4, -0.2) is 30.9 Å². The first kappa shape index (κ1) is 14.3. The Kier molecular flexibility index (Phi) is 4.39. The van der Waals surface area contributed by atoms with Gasteiger partial charge in [0.2, 0.25) is 0 Å². The van der Waals surface area contributed by atoms with Crippen molar-refractivity contribution in [1.82, 2.24) is 4.90 Å². The summed E-state index contributed by atoms with van der Waals surface area (Å²) in [6.07, 6.45) is 8.38. The summed E-state index contributed by atoms with van der Waals surface area (Å²) >= 11 is 0. The summed E-state index contributed by atoms with van der Waals surface area (Å²) in [6.45, 7) is 3.27. The number of ether oxygens (including phenoxy) is 1. The van der Waals surface area contributed by atoms with Crippen LogP contribution in [0.15, 0.2) is 24.3 Å². The van der Waals surface area contributed by atoms with Crippen LogP contribution in [0.3, 0.4) is 0 Å². The molecule has 1 heterocycles. The lowest BCUT2D eigenvalue weighted by Crippen LogP contribution is -2.18. The number of allylic oxidation sites excluding steroid dienone is 1. The van der Waals surface area contributed by atoms with Gasteiger partial charge in [-0.15, -0.1) is 0 Å². The highest BCUT2D eigenvalue weighted by atomic mass is 16.5. The molecule has 1 aliphatic carbocycles. The third-order valence-corrected chi connectivity index (χ3v) is 4.32. The Hall–Kier alpha value is -1.61. The van der Waals surface area contributed by atoms with Gasteiger partial charge in [-0.2, -0.15) is 0 Å². The number of nitrogens with zero attached hydrogens (tertiary/aromatic N) is 1. The van der Waals surface area contributed by atoms with E-state index in [2.05, 4.69) is 11.0 Å². The molecule has 0 amide bonds. The predicted octanol–water partition coefficient (Wildman–Crippen LogP) is 3.28. The molecule has 2 fully saturated rings. The molecule has 0 atom stereocenters. The van der Waals surface area contributed by atoms with E-state index in [1.165, 1.54) is 31.5 Å². The SMILES string of the molecule is COc1ccc(/C=C/C(=O)C2CC2)cc1CN1CCCC1. The lowest BCUT2D eigenvalue weighted by atomic mass is 10.1. The molecule has 0 bridgehead atoms. The van der Waals surface area contributed by atoms with Gasteiger partial charge in [0.1, 0.15) is 5.75 Å². The van der Waals surface area contributed by atoms with Crippen molar-refractivity contribution < 1.29 is 9.53 Å². The first-order valence-corrected chi connectivity index (χ1v) is 7.87. The van der Waals surface area contributed by atoms with Gasteiger partial charge >= 0.3 is 0 Å². The van der Waals surface area contributed by atoms with Crippen LogP contribution >= 0.6 is 0 Å². The monoisotopic (exact) mass is 285 g/mol. The number of hydrogen-bond acceptors (Lipinski definition) is 3. The Bertz CT molecular complexity index is 540. The Labute approximate surface area is 126 Å². The van der Waals surface area contributed by atoms with Crippen molar-refractivity contribution in [3.8, 4) is 5.75 Å². The fourth-order valence-corrected chi connectivity index (χ4v) is 2.89. The Balaban J connectivity index is 1.73. The number of methoxy groups -OCH3 is 1. The van der Waals surface area contributed by atoms with Crippen molar-refractivity contribution in [3.05, 3.63) is 35.4 Å². The molecule has 1 aromatic carbocycles. The lowest BCUT2D eigenvalue weighted by molar-refractivity contribution is -0.115. The van der Waals surface area contributed by atoms with Crippen molar-refractivity contribution in [3.63, 3.8) is 0 Å². The molecule has 0 spiro atoms. The molecule has 3 nitrogen and oxygen atoms in total. The normalized spacial score (nSPS) is 19.3. The molecule has 112 valence electrons. The summed E-state index contributed by atoms with van der Waals surface area (Å²) in [5.41, 5.74) is 2.29. The highest BCUT2D eigenvalue weighted by Crippen LogP contribution is 2.30. The summed E-state index contributed by atoms with van der Waals surface area (Å²) in [6, 6.07) is 6.17. The van der Waals surface area contributed by atoms with E-state index in [4.69, 9.17) is 4.74 Å². The quantitative estimate of drug-likeness (QED) is 0.751. The summed E-state index contributed by atoms with van der Waals surface area (Å²) in [7, 11) is 1.72. The van der Waals surface area contributed by atoms with Crippen LogP contribution in [-0.2, 0) is 11.3 Å². The standard InChI is InChI=1S/C18H23NO2/c1-21-18-9-5-14(4-8-17(20)15-6-7-15)12-16(18)13-19-10-2-3-11-19/h4-5,8-9,12,15H,2-3,6-7,10-11,13H2,1H3/b8-4+. The van der Waals surface area contributed by atoms with E-state index in [0.717, 1.165) is 30.7 Å². The Morgan fingerprint density at radius 1 is 1.33 bits per heavy atom. The Morgan fingerprint density at radius 3 is 2.76 bits per heavy atom. The molecule has 2 aliphatic rings. The number of likely N-dealkylation sites (tertiary alicyclic amines) is 1. The molecular weight excluding hydrogens is 262 g/mol. The van der Waals surface area contributed by atoms with E-state index in [1.807, 2.05) is 18.2 Å². The Morgan fingerprint density at radius 2 is 2.10 bits per heavy atom. The van der Waals surface area contributed by atoms with Crippen molar-refractivity contribution in [2.45, 2.75) is 32.2 Å². The molecule has 0 radical (unpaired) electrons. The van der Waals surface area contributed by atoms with E-state index in [9.17, 15) is 4.79 Å². The molecule has 3 rings (SSSR count). The minimum absolute atomic E-state index is 0.270. The van der Waals surface area contributed by atoms with Gasteiger partial charge in [-0.05, 0) is 62.5 Å². The summed E-state index contributed by atoms with van der Waals surface area (Å²) in [4.78, 5) is 14.2. The second kappa shape index (κ2) is 6.44. The highest BCUT2D eigenvalue weighted by molar-refractivity contribution is 5.96. The molecule has 1 aliphatic heterocycles. The first-order valence-electron chi connectivity index (χ1n) is 7.87. The third kappa shape index (κ3) is 3.73. The van der Waals surface area contributed by atoms with E-state index in [-0.39, 0.29) is 5.78 Å². The van der Waals surface area contributed by atoms with Crippen LogP contribution in [0.25, 0.3) is 6.08 Å². The fourth-order valence-electron chi connectivity index (χ4n) is 2.89. The van der Waals surface area contributed by atoms with Crippen LogP contribution in [0.2, 0.25) is 0 Å². The van der Waals surface area contributed by atoms with Crippen LogP contribution in [0.4, 0.5) is 0 Å². The smallest absolute Gasteiger partial charge is 0.158 e. The van der Waals surface area contributed by atoms with Crippen LogP contribution in [0.1, 0.15) is 36.8 Å². The number of ketones is 1. The molecule has 1 aromatic rings. The van der Waals surface area contributed by atoms with Gasteiger partial charge in [0.15, 0.2) is 5.78 Å². The molecule has 3 heteroatoms. The molecule has 1 saturated carbocycles. The number of hydrogen-bond donors (Lipinski definition) is 0. The highest BCUT2D eigenvalue weighted by Gasteiger charge is 2.27. The topological polar surface area (TPSA) is 29.5 Å². The minimum Gasteiger partial charge on any atom is -0.496 e. The van der Waals surface area contributed by atoms with Gasteiger partial charge in [0.05, 0.1) is 7.11 Å². The van der Waals surface area contributed by atoms with E-state index in [0.29, 0.717) is 5.92 Å². The second-order valence-electron chi connectivity index (χ2n) is 6.06. The maximum Gasteiger partial charge on any atom is 0.158 e. The molecule has 1 saturated heterocycles. The summed E-state index contributed by atoms with van der Waals surface area (Å²) in [5.74, 6) is 1.50. The van der Waals surface area contributed by atoms with Crippen molar-refractivity contribution in [2.24, 2.45) is 5.92 Å². The fraction of sp³-hybridized carbons (Fsp3) is 0.500. The van der Waals surface area contributed by atoms with Gasteiger partial charge < -0.3 is 4.74 Å². The minimum atomic E-state index is 0.270. The number of rotatable bonds is 6. The van der Waals surface area contributed by atoms with Gasteiger partial charge in [-0.25, -0.2) is 0 Å². The average Bonchev–Trinajstić information content (AvgIpc) is 3.23. The van der Waals surface area contributed by atoms with Crippen LogP contribution in [0, 0.1) is 5.92 Å². The van der Waals surface area contributed by atoms with Gasteiger partial charge in [-0.3, -0.25) is 9.69 Å². The van der Waals surface area contributed by atoms with E-state index >= 15 is 0 Å². The van der Waals surface area contributed by atoms with Gasteiger partial charge in [0.25, 0.3) is 0 Å². The second-order valence-corrected chi connectivity index (χ2v) is 6.06. The zero-order valence-corrected chi connectivity index (χ0v) is 12.7. The zero-order valence-electron chi connectivity index (χ0n) is 12.7. The molecular formula is C18H23NO2. The largest absolute Gasteiger partial charge is 0.496 e.